The predicted molar refractivity (Wildman–Crippen MR) is 67.2 cm³/mol. The van der Waals surface area contributed by atoms with Crippen LogP contribution >= 0.6 is 0 Å². The van der Waals surface area contributed by atoms with Crippen LogP contribution in [0.5, 0.6) is 0 Å². The highest BCUT2D eigenvalue weighted by molar-refractivity contribution is 5.79. The molecule has 2 aromatic rings. The molecule has 0 amide bonds. The van der Waals surface area contributed by atoms with Crippen LogP contribution in [-0.2, 0) is 11.2 Å². The molecule has 1 heterocycles. The van der Waals surface area contributed by atoms with Gasteiger partial charge in [0, 0.05) is 5.56 Å². The van der Waals surface area contributed by atoms with Crippen molar-refractivity contribution in [3.8, 4) is 11.3 Å². The molecule has 1 aliphatic rings. The van der Waals surface area contributed by atoms with Crippen LogP contribution in [0.3, 0.4) is 0 Å². The van der Waals surface area contributed by atoms with Gasteiger partial charge in [-0.3, -0.25) is 4.79 Å². The summed E-state index contributed by atoms with van der Waals surface area (Å²) in [7, 11) is 0. The molecule has 3 nitrogen and oxygen atoms in total. The fourth-order valence-electron chi connectivity index (χ4n) is 2.33. The molecule has 0 unspecified atom stereocenters. The summed E-state index contributed by atoms with van der Waals surface area (Å²) < 4.78 is 5.41. The van der Waals surface area contributed by atoms with E-state index in [4.69, 9.17) is 4.42 Å². The third kappa shape index (κ3) is 1.82. The normalized spacial score (nSPS) is 16.4. The Balaban J connectivity index is 1.96. The van der Waals surface area contributed by atoms with Crippen molar-refractivity contribution in [2.75, 3.05) is 0 Å². The van der Waals surface area contributed by atoms with Crippen LogP contribution in [0.1, 0.15) is 18.4 Å². The Bertz CT molecular complexity index is 565. The van der Waals surface area contributed by atoms with Crippen molar-refractivity contribution in [1.82, 2.24) is 0 Å². The molecule has 1 fully saturated rings. The Morgan fingerprint density at radius 1 is 1.22 bits per heavy atom. The van der Waals surface area contributed by atoms with E-state index >= 15 is 0 Å². The average molecular weight is 242 g/mol. The van der Waals surface area contributed by atoms with E-state index in [0.29, 0.717) is 6.42 Å². The maximum atomic E-state index is 11.3. The third-order valence-electron chi connectivity index (χ3n) is 3.64. The number of carboxylic acids is 1. The van der Waals surface area contributed by atoms with E-state index in [1.165, 1.54) is 0 Å². The second-order valence-corrected chi connectivity index (χ2v) is 4.90. The van der Waals surface area contributed by atoms with Gasteiger partial charge >= 0.3 is 5.97 Å². The number of carboxylic acid groups (broad SMARTS) is 1. The maximum absolute atomic E-state index is 11.3. The van der Waals surface area contributed by atoms with Crippen LogP contribution in [0.25, 0.3) is 11.3 Å². The summed E-state index contributed by atoms with van der Waals surface area (Å²) in [6.45, 7) is 0. The summed E-state index contributed by atoms with van der Waals surface area (Å²) in [5.41, 5.74) is 1.50. The van der Waals surface area contributed by atoms with Crippen LogP contribution in [0.2, 0.25) is 0 Å². The second kappa shape index (κ2) is 4.02. The average Bonchev–Trinajstić information content (AvgIpc) is 2.96. The summed E-state index contributed by atoms with van der Waals surface area (Å²) in [5.74, 6) is 0.114. The molecule has 92 valence electrons. The van der Waals surface area contributed by atoms with Crippen molar-refractivity contribution < 1.29 is 14.3 Å². The molecule has 0 saturated heterocycles. The zero-order valence-electron chi connectivity index (χ0n) is 9.93. The summed E-state index contributed by atoms with van der Waals surface area (Å²) in [6.07, 6.45) is 3.76. The van der Waals surface area contributed by atoms with E-state index in [-0.39, 0.29) is 0 Å². The molecule has 3 heteroatoms. The zero-order valence-corrected chi connectivity index (χ0v) is 9.93. The molecule has 1 aromatic carbocycles. The van der Waals surface area contributed by atoms with E-state index in [2.05, 4.69) is 0 Å². The minimum absolute atomic E-state index is 0.539. The monoisotopic (exact) mass is 242 g/mol. The summed E-state index contributed by atoms with van der Waals surface area (Å²) in [6, 6.07) is 11.6. The molecule has 3 rings (SSSR count). The van der Waals surface area contributed by atoms with Crippen LogP contribution in [0.15, 0.2) is 47.1 Å². The van der Waals surface area contributed by atoms with Crippen molar-refractivity contribution in [2.45, 2.75) is 19.3 Å². The summed E-state index contributed by atoms with van der Waals surface area (Å²) >= 11 is 0. The molecular formula is C15H14O3. The molecule has 18 heavy (non-hydrogen) atoms. The lowest BCUT2D eigenvalue weighted by atomic mass is 9.92. The van der Waals surface area contributed by atoms with E-state index in [1.54, 1.807) is 6.26 Å². The smallest absolute Gasteiger partial charge is 0.309 e. The van der Waals surface area contributed by atoms with E-state index in [9.17, 15) is 9.90 Å². The van der Waals surface area contributed by atoms with Crippen LogP contribution < -0.4 is 0 Å². The predicted octanol–water partition coefficient (Wildman–Crippen LogP) is 3.35. The number of aliphatic carboxylic acids is 1. The lowest BCUT2D eigenvalue weighted by molar-refractivity contribution is -0.143. The standard InChI is InChI=1S/C15H14O3/c16-14(17)15(7-8-15)10-11-4-1-2-5-12(11)13-6-3-9-18-13/h1-6,9H,7-8,10H2,(H,16,17). The molecule has 0 radical (unpaired) electrons. The second-order valence-electron chi connectivity index (χ2n) is 4.90. The minimum Gasteiger partial charge on any atom is -0.481 e. The van der Waals surface area contributed by atoms with Gasteiger partial charge in [-0.1, -0.05) is 24.3 Å². The van der Waals surface area contributed by atoms with Gasteiger partial charge in [-0.25, -0.2) is 0 Å². The van der Waals surface area contributed by atoms with Crippen molar-refractivity contribution in [3.63, 3.8) is 0 Å². The van der Waals surface area contributed by atoms with Crippen LogP contribution in [0, 0.1) is 5.41 Å². The van der Waals surface area contributed by atoms with Gasteiger partial charge in [0.2, 0.25) is 0 Å². The van der Waals surface area contributed by atoms with Gasteiger partial charge in [0.05, 0.1) is 11.7 Å². The van der Waals surface area contributed by atoms with Gasteiger partial charge in [0.15, 0.2) is 0 Å². The first kappa shape index (κ1) is 11.1. The molecule has 0 bridgehead atoms. The zero-order chi connectivity index (χ0) is 12.6. The molecular weight excluding hydrogens is 228 g/mol. The number of carbonyl (C=O) groups is 1. The fraction of sp³-hybridized carbons (Fsp3) is 0.267. The van der Waals surface area contributed by atoms with Gasteiger partial charge in [0.1, 0.15) is 5.76 Å². The lowest BCUT2D eigenvalue weighted by Gasteiger charge is -2.12. The van der Waals surface area contributed by atoms with Crippen LogP contribution in [-0.4, -0.2) is 11.1 Å². The van der Waals surface area contributed by atoms with Crippen LogP contribution in [0.4, 0.5) is 0 Å². The van der Waals surface area contributed by atoms with E-state index < -0.39 is 11.4 Å². The van der Waals surface area contributed by atoms with Crippen molar-refractivity contribution in [3.05, 3.63) is 48.2 Å². The minimum atomic E-state index is -0.684. The van der Waals surface area contributed by atoms with Gasteiger partial charge in [-0.2, -0.15) is 0 Å². The maximum Gasteiger partial charge on any atom is 0.309 e. The summed E-state index contributed by atoms with van der Waals surface area (Å²) in [4.78, 5) is 11.3. The Labute approximate surface area is 105 Å². The number of hydrogen-bond acceptors (Lipinski definition) is 2. The number of benzene rings is 1. The SMILES string of the molecule is O=C(O)C1(Cc2ccccc2-c2ccco2)CC1. The van der Waals surface area contributed by atoms with E-state index in [0.717, 1.165) is 29.7 Å². The lowest BCUT2D eigenvalue weighted by Crippen LogP contribution is -2.17. The van der Waals surface area contributed by atoms with Crippen molar-refractivity contribution in [2.24, 2.45) is 5.41 Å². The van der Waals surface area contributed by atoms with Crippen molar-refractivity contribution in [1.29, 1.82) is 0 Å². The molecule has 0 spiro atoms. The molecule has 0 atom stereocenters. The quantitative estimate of drug-likeness (QED) is 0.894. The van der Waals surface area contributed by atoms with E-state index in [1.807, 2.05) is 36.4 Å². The number of hydrogen-bond donors (Lipinski definition) is 1. The first-order valence-electron chi connectivity index (χ1n) is 6.06. The van der Waals surface area contributed by atoms with Gasteiger partial charge in [-0.05, 0) is 37.0 Å². The topological polar surface area (TPSA) is 50.4 Å². The Hall–Kier alpha value is -2.03. The van der Waals surface area contributed by atoms with Gasteiger partial charge in [0.25, 0.3) is 0 Å². The highest BCUT2D eigenvalue weighted by atomic mass is 16.4. The van der Waals surface area contributed by atoms with Crippen molar-refractivity contribution >= 4 is 5.97 Å². The first-order chi connectivity index (χ1) is 8.71. The van der Waals surface area contributed by atoms with Gasteiger partial charge < -0.3 is 9.52 Å². The fourth-order valence-corrected chi connectivity index (χ4v) is 2.33. The number of furan rings is 1. The molecule has 0 aliphatic heterocycles. The largest absolute Gasteiger partial charge is 0.481 e. The summed E-state index contributed by atoms with van der Waals surface area (Å²) in [5, 5.41) is 9.26. The first-order valence-corrected chi connectivity index (χ1v) is 6.06. The Morgan fingerprint density at radius 2 is 2.00 bits per heavy atom. The molecule has 1 saturated carbocycles. The molecule has 1 aliphatic carbocycles. The Kier molecular flexibility index (Phi) is 2.47. The molecule has 1 N–H and O–H groups in total. The number of rotatable bonds is 4. The Morgan fingerprint density at radius 3 is 2.61 bits per heavy atom. The third-order valence-corrected chi connectivity index (χ3v) is 3.64. The van der Waals surface area contributed by atoms with Gasteiger partial charge in [-0.15, -0.1) is 0 Å². The highest BCUT2D eigenvalue weighted by Crippen LogP contribution is 2.49. The molecule has 1 aromatic heterocycles. The highest BCUT2D eigenvalue weighted by Gasteiger charge is 2.50.